The first-order valence-corrected chi connectivity index (χ1v) is 13.7. The lowest BCUT2D eigenvalue weighted by atomic mass is 9.99. The van der Waals surface area contributed by atoms with Crippen LogP contribution in [-0.4, -0.2) is 13.0 Å². The van der Waals surface area contributed by atoms with Gasteiger partial charge in [0.1, 0.15) is 10.7 Å². The second-order valence-corrected chi connectivity index (χ2v) is 11.2. The molecule has 5 nitrogen and oxygen atoms in total. The molecule has 216 valence electrons. The first-order chi connectivity index (χ1) is 19.7. The van der Waals surface area contributed by atoms with Crippen LogP contribution in [0.4, 0.5) is 26.3 Å². The molecule has 0 atom stereocenters. The molecule has 5 rings (SSSR count). The van der Waals surface area contributed by atoms with Crippen LogP contribution in [0.5, 0.6) is 5.75 Å². The number of pyridine rings is 1. The van der Waals surface area contributed by atoms with Gasteiger partial charge in [0.15, 0.2) is 0 Å². The molecule has 1 heterocycles. The number of halogens is 7. The highest BCUT2D eigenvalue weighted by Gasteiger charge is 2.31. The molecule has 0 saturated carbocycles. The zero-order chi connectivity index (χ0) is 30.7. The molecule has 1 aromatic heterocycles. The fourth-order valence-electron chi connectivity index (χ4n) is 4.39. The summed E-state index contributed by atoms with van der Waals surface area (Å²) in [6, 6.07) is 13.0. The third-order valence-corrected chi connectivity index (χ3v) is 8.15. The molecule has 0 aliphatic rings. The lowest BCUT2D eigenvalue weighted by Crippen LogP contribution is -2.19. The molecule has 5 aromatic rings. The highest BCUT2D eigenvalue weighted by atomic mass is 35.5. The predicted molar refractivity (Wildman–Crippen MR) is 143 cm³/mol. The zero-order valence-electron chi connectivity index (χ0n) is 21.4. The van der Waals surface area contributed by atoms with Crippen molar-refractivity contribution in [1.82, 2.24) is 4.57 Å². The van der Waals surface area contributed by atoms with Gasteiger partial charge in [0.2, 0.25) is 34.8 Å². The Morgan fingerprint density at radius 1 is 0.738 bits per heavy atom. The maximum absolute atomic E-state index is 15.4. The van der Waals surface area contributed by atoms with Gasteiger partial charge in [-0.3, -0.25) is 9.36 Å². The normalized spacial score (nSPS) is 11.7. The summed E-state index contributed by atoms with van der Waals surface area (Å²) < 4.78 is 115. The van der Waals surface area contributed by atoms with Crippen molar-refractivity contribution in [2.45, 2.75) is 18.7 Å². The minimum atomic E-state index is -5.13. The third-order valence-electron chi connectivity index (χ3n) is 6.51. The Morgan fingerprint density at radius 2 is 1.38 bits per heavy atom. The third kappa shape index (κ3) is 4.90. The smallest absolute Gasteiger partial charge is 0.339 e. The van der Waals surface area contributed by atoms with E-state index in [1.165, 1.54) is 12.1 Å². The van der Waals surface area contributed by atoms with Crippen molar-refractivity contribution < 1.29 is 38.9 Å². The second kappa shape index (κ2) is 10.5. The average molecular weight is 624 g/mol. The summed E-state index contributed by atoms with van der Waals surface area (Å²) in [6.07, 6.45) is 0. The lowest BCUT2D eigenvalue weighted by molar-refractivity contribution is 0.346. The van der Waals surface area contributed by atoms with E-state index in [-0.39, 0.29) is 22.2 Å². The monoisotopic (exact) mass is 623 g/mol. The van der Waals surface area contributed by atoms with Crippen LogP contribution in [0.2, 0.25) is 5.02 Å². The number of hydrogen-bond donors (Lipinski definition) is 0. The number of hydrogen-bond acceptors (Lipinski definition) is 4. The molecule has 4 aromatic carbocycles. The number of aryl methyl sites for hydroxylation is 2. The summed E-state index contributed by atoms with van der Waals surface area (Å²) in [4.78, 5) is 12.2. The van der Waals surface area contributed by atoms with Crippen molar-refractivity contribution in [2.24, 2.45) is 0 Å². The number of nitrogens with zero attached hydrogens (tertiary/aromatic N) is 1. The first kappa shape index (κ1) is 29.2. The molecule has 0 aliphatic heterocycles. The summed E-state index contributed by atoms with van der Waals surface area (Å²) in [7, 11) is -5.13. The number of rotatable bonds is 5. The SMILES string of the molecule is Cc1cc(-c2cc(C)c(-n3c(=O)ccc4cc(S(=O)(=O)Oc5c(F)c(F)c(F)c(F)c5F)ccc43)cc2F)ccc1Cl. The molecular weight excluding hydrogens is 608 g/mol. The van der Waals surface area contributed by atoms with E-state index in [1.807, 2.05) is 0 Å². The van der Waals surface area contributed by atoms with E-state index in [0.29, 0.717) is 16.1 Å². The summed E-state index contributed by atoms with van der Waals surface area (Å²) in [5.41, 5.74) is 1.70. The van der Waals surface area contributed by atoms with Crippen LogP contribution >= 0.6 is 11.6 Å². The highest BCUT2D eigenvalue weighted by molar-refractivity contribution is 7.87. The van der Waals surface area contributed by atoms with Crippen molar-refractivity contribution >= 4 is 32.6 Å². The standard InChI is InChI=1S/C29H16ClF6NO4S/c1-13-9-15(3-6-19(13)30)18-10-14(2)22(12-20(18)31)37-21-7-5-17(11-16(21)4-8-23(37)38)42(39,40)41-29-27(35)25(33)24(32)26(34)28(29)36/h3-12H,1-2H3. The van der Waals surface area contributed by atoms with Crippen LogP contribution in [0.1, 0.15) is 11.1 Å². The zero-order valence-corrected chi connectivity index (χ0v) is 23.0. The summed E-state index contributed by atoms with van der Waals surface area (Å²) in [6.45, 7) is 3.41. The molecule has 0 saturated heterocycles. The van der Waals surface area contributed by atoms with E-state index in [4.69, 9.17) is 11.6 Å². The minimum absolute atomic E-state index is 0.0916. The van der Waals surface area contributed by atoms with E-state index in [0.717, 1.165) is 40.5 Å². The fraction of sp³-hybridized carbons (Fsp3) is 0.0690. The van der Waals surface area contributed by atoms with Gasteiger partial charge in [0.25, 0.3) is 5.56 Å². The van der Waals surface area contributed by atoms with Crippen LogP contribution in [0.3, 0.4) is 0 Å². The van der Waals surface area contributed by atoms with E-state index in [9.17, 15) is 35.2 Å². The van der Waals surface area contributed by atoms with Gasteiger partial charge in [-0.2, -0.15) is 17.2 Å². The topological polar surface area (TPSA) is 65.4 Å². The Bertz CT molecular complexity index is 2090. The van der Waals surface area contributed by atoms with E-state index in [1.54, 1.807) is 32.0 Å². The van der Waals surface area contributed by atoms with Gasteiger partial charge in [-0.25, -0.2) is 17.6 Å². The predicted octanol–water partition coefficient (Wildman–Crippen LogP) is 7.53. The quantitative estimate of drug-likeness (QED) is 0.0879. The summed E-state index contributed by atoms with van der Waals surface area (Å²) in [5, 5.41) is 0.600. The van der Waals surface area contributed by atoms with Gasteiger partial charge >= 0.3 is 10.1 Å². The van der Waals surface area contributed by atoms with Gasteiger partial charge in [-0.15, -0.1) is 0 Å². The van der Waals surface area contributed by atoms with Gasteiger partial charge in [0.05, 0.1) is 11.2 Å². The summed E-state index contributed by atoms with van der Waals surface area (Å²) in [5.74, 6) is -14.9. The average Bonchev–Trinajstić information content (AvgIpc) is 2.95. The number of aromatic nitrogens is 1. The molecular formula is C29H16ClF6NO4S. The lowest BCUT2D eigenvalue weighted by Gasteiger charge is -2.16. The molecule has 0 spiro atoms. The van der Waals surface area contributed by atoms with Crippen LogP contribution < -0.4 is 9.74 Å². The molecule has 42 heavy (non-hydrogen) atoms. The maximum atomic E-state index is 15.4. The van der Waals surface area contributed by atoms with Crippen LogP contribution in [0, 0.1) is 48.8 Å². The van der Waals surface area contributed by atoms with Crippen molar-refractivity contribution in [3.05, 3.63) is 122 Å². The molecule has 0 amide bonds. The maximum Gasteiger partial charge on any atom is 0.339 e. The molecule has 0 aliphatic carbocycles. The van der Waals surface area contributed by atoms with E-state index >= 15 is 4.39 Å². The van der Waals surface area contributed by atoms with Crippen molar-refractivity contribution in [1.29, 1.82) is 0 Å². The van der Waals surface area contributed by atoms with E-state index < -0.39 is 61.2 Å². The Morgan fingerprint density at radius 3 is 2.02 bits per heavy atom. The Kier molecular flexibility index (Phi) is 7.32. The fourth-order valence-corrected chi connectivity index (χ4v) is 5.47. The largest absolute Gasteiger partial charge is 0.372 e. The highest BCUT2D eigenvalue weighted by Crippen LogP contribution is 2.33. The van der Waals surface area contributed by atoms with Crippen molar-refractivity contribution in [3.63, 3.8) is 0 Å². The van der Waals surface area contributed by atoms with Gasteiger partial charge in [-0.1, -0.05) is 17.7 Å². The number of benzene rings is 4. The van der Waals surface area contributed by atoms with Crippen molar-refractivity contribution in [3.8, 4) is 22.6 Å². The minimum Gasteiger partial charge on any atom is -0.372 e. The molecule has 13 heteroatoms. The van der Waals surface area contributed by atoms with Crippen LogP contribution in [-0.2, 0) is 10.1 Å². The van der Waals surface area contributed by atoms with Crippen LogP contribution in [0.15, 0.2) is 70.4 Å². The van der Waals surface area contributed by atoms with E-state index in [2.05, 4.69) is 4.18 Å². The Hall–Kier alpha value is -4.29. The van der Waals surface area contributed by atoms with Gasteiger partial charge in [0, 0.05) is 22.0 Å². The first-order valence-electron chi connectivity index (χ1n) is 11.9. The molecule has 0 bridgehead atoms. The molecule has 0 radical (unpaired) electrons. The Labute approximate surface area is 239 Å². The van der Waals surface area contributed by atoms with Gasteiger partial charge in [-0.05, 0) is 79.1 Å². The van der Waals surface area contributed by atoms with Crippen molar-refractivity contribution in [2.75, 3.05) is 0 Å². The van der Waals surface area contributed by atoms with Gasteiger partial charge < -0.3 is 4.18 Å². The second-order valence-electron chi connectivity index (χ2n) is 9.25. The Balaban J connectivity index is 1.60. The van der Waals surface area contributed by atoms with Crippen LogP contribution in [0.25, 0.3) is 27.7 Å². The summed E-state index contributed by atoms with van der Waals surface area (Å²) >= 11 is 6.07. The molecule has 0 fully saturated rings. The molecule has 0 N–H and O–H groups in total. The molecule has 0 unspecified atom stereocenters. The number of fused-ring (bicyclic) bond motifs is 1.